The molecule has 3 heterocycles. The second-order valence-electron chi connectivity index (χ2n) is 8.29. The number of benzene rings is 2. The summed E-state index contributed by atoms with van der Waals surface area (Å²) >= 11 is 0. The maximum Gasteiger partial charge on any atom is 0.344 e. The Labute approximate surface area is 201 Å². The Bertz CT molecular complexity index is 1370. The molecule has 35 heavy (non-hydrogen) atoms. The van der Waals surface area contributed by atoms with Gasteiger partial charge >= 0.3 is 5.97 Å². The van der Waals surface area contributed by atoms with E-state index in [1.165, 1.54) is 5.01 Å². The molecule has 0 saturated heterocycles. The van der Waals surface area contributed by atoms with Gasteiger partial charge in [0.2, 0.25) is 0 Å². The van der Waals surface area contributed by atoms with Gasteiger partial charge in [-0.3, -0.25) is 4.79 Å². The minimum absolute atomic E-state index is 0.192. The van der Waals surface area contributed by atoms with Gasteiger partial charge in [0.1, 0.15) is 28.8 Å². The number of amides is 1. The molecule has 2 aromatic carbocycles. The number of ether oxygens (including phenoxy) is 1. The number of aromatic nitrogens is 1. The van der Waals surface area contributed by atoms with Gasteiger partial charge in [-0.2, -0.15) is 5.10 Å². The molecule has 1 aliphatic heterocycles. The van der Waals surface area contributed by atoms with E-state index in [2.05, 4.69) is 10.3 Å². The van der Waals surface area contributed by atoms with Crippen molar-refractivity contribution < 1.29 is 23.3 Å². The van der Waals surface area contributed by atoms with Gasteiger partial charge in [-0.25, -0.2) is 9.80 Å². The Balaban J connectivity index is 1.35. The molecule has 0 N–H and O–H groups in total. The lowest BCUT2D eigenvalue weighted by Gasteiger charge is -2.19. The summed E-state index contributed by atoms with van der Waals surface area (Å²) in [5.41, 5.74) is 4.09. The molecule has 176 valence electrons. The van der Waals surface area contributed by atoms with Gasteiger partial charge in [-0.1, -0.05) is 65.3 Å². The van der Waals surface area contributed by atoms with E-state index in [1.54, 1.807) is 25.3 Å². The number of hydrogen-bond acceptors (Lipinski definition) is 7. The van der Waals surface area contributed by atoms with Crippen LogP contribution in [0.1, 0.15) is 45.5 Å². The van der Waals surface area contributed by atoms with Crippen molar-refractivity contribution in [1.29, 1.82) is 0 Å². The highest BCUT2D eigenvalue weighted by molar-refractivity contribution is 6.03. The fraction of sp³-hybridized carbons (Fsp3) is 0.185. The van der Waals surface area contributed by atoms with Crippen LogP contribution in [0.4, 0.5) is 0 Å². The molecule has 0 saturated carbocycles. The van der Waals surface area contributed by atoms with Gasteiger partial charge in [0.15, 0.2) is 6.61 Å². The zero-order chi connectivity index (χ0) is 24.4. The van der Waals surface area contributed by atoms with Crippen molar-refractivity contribution in [2.24, 2.45) is 5.10 Å². The molecule has 0 spiro atoms. The predicted molar refractivity (Wildman–Crippen MR) is 128 cm³/mol. The topological polar surface area (TPSA) is 98.1 Å². The molecule has 8 heteroatoms. The van der Waals surface area contributed by atoms with Crippen molar-refractivity contribution in [2.75, 3.05) is 6.61 Å². The van der Waals surface area contributed by atoms with Crippen LogP contribution in [0.2, 0.25) is 0 Å². The molecular formula is C27H23N3O5. The van der Waals surface area contributed by atoms with E-state index < -0.39 is 24.5 Å². The smallest absolute Gasteiger partial charge is 0.344 e. The average Bonchev–Trinajstić information content (AvgIpc) is 3.63. The van der Waals surface area contributed by atoms with Crippen molar-refractivity contribution in [1.82, 2.24) is 10.2 Å². The van der Waals surface area contributed by atoms with Crippen molar-refractivity contribution in [3.63, 3.8) is 0 Å². The monoisotopic (exact) mass is 469 g/mol. The van der Waals surface area contributed by atoms with E-state index in [4.69, 9.17) is 13.7 Å². The van der Waals surface area contributed by atoms with Crippen molar-refractivity contribution in [3.8, 4) is 11.3 Å². The van der Waals surface area contributed by atoms with Crippen molar-refractivity contribution >= 4 is 17.6 Å². The summed E-state index contributed by atoms with van der Waals surface area (Å²) in [4.78, 5) is 26.1. The highest BCUT2D eigenvalue weighted by Crippen LogP contribution is 2.33. The standard InChI is InChI=1S/C27H23N3O5/c1-17-10-12-19(13-11-17)21-15-22(23-9-6-14-33-23)30(28-21)24(31)16-34-27(32)25-18(2)35-29-26(25)20-7-4-3-5-8-20/h3-14,22H,15-16H2,1-2H3. The van der Waals surface area contributed by atoms with Gasteiger partial charge in [0.05, 0.1) is 12.0 Å². The molecular weight excluding hydrogens is 446 g/mol. The molecule has 0 fully saturated rings. The molecule has 1 unspecified atom stereocenters. The first-order chi connectivity index (χ1) is 17.0. The first-order valence-electron chi connectivity index (χ1n) is 11.2. The summed E-state index contributed by atoms with van der Waals surface area (Å²) in [6, 6.07) is 20.3. The number of carbonyl (C=O) groups is 2. The molecule has 1 amide bonds. The van der Waals surface area contributed by atoms with Crippen LogP contribution in [0, 0.1) is 13.8 Å². The number of rotatable bonds is 6. The number of hydrogen-bond donors (Lipinski definition) is 0. The number of carbonyl (C=O) groups excluding carboxylic acids is 2. The molecule has 2 aromatic heterocycles. The Kier molecular flexibility index (Phi) is 6.01. The first kappa shape index (κ1) is 22.3. The minimum Gasteiger partial charge on any atom is -0.467 e. The third kappa shape index (κ3) is 4.50. The molecule has 0 aliphatic carbocycles. The summed E-state index contributed by atoms with van der Waals surface area (Å²) in [7, 11) is 0. The second-order valence-corrected chi connectivity index (χ2v) is 8.29. The Morgan fingerprint density at radius 3 is 2.49 bits per heavy atom. The number of furan rings is 1. The normalized spacial score (nSPS) is 15.2. The third-order valence-electron chi connectivity index (χ3n) is 5.86. The molecule has 5 rings (SSSR count). The number of nitrogens with zero attached hydrogens (tertiary/aromatic N) is 3. The van der Waals surface area contributed by atoms with E-state index in [9.17, 15) is 9.59 Å². The number of hydrazone groups is 1. The van der Waals surface area contributed by atoms with Crippen molar-refractivity contribution in [3.05, 3.63) is 101 Å². The average molecular weight is 469 g/mol. The Morgan fingerprint density at radius 2 is 1.77 bits per heavy atom. The highest BCUT2D eigenvalue weighted by Gasteiger charge is 2.35. The van der Waals surface area contributed by atoms with Crippen LogP contribution < -0.4 is 0 Å². The van der Waals surface area contributed by atoms with Crippen LogP contribution in [0.3, 0.4) is 0 Å². The SMILES string of the molecule is Cc1ccc(C2=NN(C(=O)COC(=O)c3c(-c4ccccc4)noc3C)C(c3ccco3)C2)cc1. The van der Waals surface area contributed by atoms with Gasteiger partial charge < -0.3 is 13.7 Å². The van der Waals surface area contributed by atoms with E-state index in [-0.39, 0.29) is 5.56 Å². The maximum absolute atomic E-state index is 13.2. The summed E-state index contributed by atoms with van der Waals surface area (Å²) < 4.78 is 16.2. The first-order valence-corrected chi connectivity index (χ1v) is 11.2. The molecule has 0 radical (unpaired) electrons. The summed E-state index contributed by atoms with van der Waals surface area (Å²) in [5.74, 6) is -0.225. The molecule has 1 aliphatic rings. The lowest BCUT2D eigenvalue weighted by molar-refractivity contribution is -0.136. The van der Waals surface area contributed by atoms with Crippen LogP contribution in [0.15, 0.2) is 87.0 Å². The predicted octanol–water partition coefficient (Wildman–Crippen LogP) is 5.09. The minimum atomic E-state index is -0.688. The van der Waals surface area contributed by atoms with E-state index >= 15 is 0 Å². The number of aryl methyl sites for hydroxylation is 2. The van der Waals surface area contributed by atoms with Gasteiger partial charge in [0, 0.05) is 12.0 Å². The zero-order valence-corrected chi connectivity index (χ0v) is 19.3. The second kappa shape index (κ2) is 9.42. The fourth-order valence-electron chi connectivity index (χ4n) is 4.03. The highest BCUT2D eigenvalue weighted by atomic mass is 16.5. The third-order valence-corrected chi connectivity index (χ3v) is 5.86. The van der Waals surface area contributed by atoms with Gasteiger partial charge in [-0.05, 0) is 31.5 Å². The maximum atomic E-state index is 13.2. The van der Waals surface area contributed by atoms with Crippen LogP contribution in [-0.2, 0) is 9.53 Å². The lowest BCUT2D eigenvalue weighted by atomic mass is 10.0. The summed E-state index contributed by atoms with van der Waals surface area (Å²) in [5, 5.41) is 9.90. The van der Waals surface area contributed by atoms with Crippen LogP contribution >= 0.6 is 0 Å². The van der Waals surface area contributed by atoms with Gasteiger partial charge in [0.25, 0.3) is 5.91 Å². The van der Waals surface area contributed by atoms with E-state index in [1.807, 2.05) is 61.5 Å². The molecule has 4 aromatic rings. The fourth-order valence-corrected chi connectivity index (χ4v) is 4.03. The zero-order valence-electron chi connectivity index (χ0n) is 19.3. The van der Waals surface area contributed by atoms with Crippen LogP contribution in [0.5, 0.6) is 0 Å². The molecule has 1 atom stereocenters. The van der Waals surface area contributed by atoms with E-state index in [0.29, 0.717) is 29.2 Å². The summed E-state index contributed by atoms with van der Waals surface area (Å²) in [6.07, 6.45) is 2.04. The van der Waals surface area contributed by atoms with E-state index in [0.717, 1.165) is 16.8 Å². The summed E-state index contributed by atoms with van der Waals surface area (Å²) in [6.45, 7) is 3.15. The molecule has 0 bridgehead atoms. The lowest BCUT2D eigenvalue weighted by Crippen LogP contribution is -2.31. The largest absolute Gasteiger partial charge is 0.467 e. The molecule has 8 nitrogen and oxygen atoms in total. The quantitative estimate of drug-likeness (QED) is 0.365. The Morgan fingerprint density at radius 1 is 1.00 bits per heavy atom. The Hall–Kier alpha value is -4.46. The van der Waals surface area contributed by atoms with Crippen LogP contribution in [-0.4, -0.2) is 34.4 Å². The van der Waals surface area contributed by atoms with Crippen LogP contribution in [0.25, 0.3) is 11.3 Å². The van der Waals surface area contributed by atoms with Crippen molar-refractivity contribution in [2.45, 2.75) is 26.3 Å². The number of esters is 1. The van der Waals surface area contributed by atoms with Gasteiger partial charge in [-0.15, -0.1) is 0 Å².